The Morgan fingerprint density at radius 2 is 1.74 bits per heavy atom. The fourth-order valence-corrected chi connectivity index (χ4v) is 3.95. The number of piperazine rings is 1. The summed E-state index contributed by atoms with van der Waals surface area (Å²) in [4.78, 5) is 28.2. The lowest BCUT2D eigenvalue weighted by molar-refractivity contribution is -0.139. The molecular weight excluding hydrogens is 446 g/mol. The minimum atomic E-state index is -1.22. The lowest BCUT2D eigenvalue weighted by Gasteiger charge is -2.44. The third kappa shape index (κ3) is 5.67. The Kier molecular flexibility index (Phi) is 7.41. The van der Waals surface area contributed by atoms with Crippen LogP contribution in [0, 0.1) is 5.82 Å². The van der Waals surface area contributed by atoms with Crippen LogP contribution in [0.5, 0.6) is 5.75 Å². The van der Waals surface area contributed by atoms with E-state index < -0.39 is 5.97 Å². The molecule has 2 aromatic carbocycles. The smallest absolute Gasteiger partial charge is 0.339 e. The molecular formula is C22H23Cl2FN2O4. The molecule has 1 N–H and O–H groups in total. The maximum Gasteiger partial charge on any atom is 0.339 e. The molecule has 0 saturated carbocycles. The van der Waals surface area contributed by atoms with E-state index in [-0.39, 0.29) is 51.8 Å². The molecule has 0 spiro atoms. The number of amides is 1. The number of hydrogen-bond donors (Lipinski definition) is 1. The minimum absolute atomic E-state index is 0.00843. The predicted octanol–water partition coefficient (Wildman–Crippen LogP) is 4.33. The first-order chi connectivity index (χ1) is 14.7. The summed E-state index contributed by atoms with van der Waals surface area (Å²) in [5.41, 5.74) is 0.845. The highest BCUT2D eigenvalue weighted by Gasteiger charge is 2.32. The van der Waals surface area contributed by atoms with Crippen LogP contribution in [0.2, 0.25) is 10.0 Å². The molecule has 1 amide bonds. The van der Waals surface area contributed by atoms with Crippen molar-refractivity contribution in [2.45, 2.75) is 32.5 Å². The zero-order valence-corrected chi connectivity index (χ0v) is 18.7. The summed E-state index contributed by atoms with van der Waals surface area (Å²) in [5.74, 6) is -1.75. The number of carboxylic acid groups (broad SMARTS) is 1. The Morgan fingerprint density at radius 3 is 2.39 bits per heavy atom. The van der Waals surface area contributed by atoms with E-state index in [1.807, 2.05) is 13.8 Å². The quantitative estimate of drug-likeness (QED) is 0.682. The van der Waals surface area contributed by atoms with Gasteiger partial charge in [0.15, 0.2) is 6.61 Å². The van der Waals surface area contributed by atoms with E-state index in [0.717, 1.165) is 5.56 Å². The second-order valence-corrected chi connectivity index (χ2v) is 8.47. The van der Waals surface area contributed by atoms with Crippen molar-refractivity contribution < 1.29 is 23.8 Å². The van der Waals surface area contributed by atoms with Crippen molar-refractivity contribution in [2.75, 3.05) is 19.7 Å². The number of halogens is 3. The van der Waals surface area contributed by atoms with Crippen molar-refractivity contribution in [1.29, 1.82) is 0 Å². The molecule has 1 heterocycles. The average molecular weight is 469 g/mol. The van der Waals surface area contributed by atoms with Gasteiger partial charge in [-0.05, 0) is 37.6 Å². The van der Waals surface area contributed by atoms with Crippen LogP contribution in [0.1, 0.15) is 29.8 Å². The number of hydrogen-bond acceptors (Lipinski definition) is 4. The maximum absolute atomic E-state index is 13.1. The summed E-state index contributed by atoms with van der Waals surface area (Å²) in [6, 6.07) is 8.91. The van der Waals surface area contributed by atoms with Crippen molar-refractivity contribution in [1.82, 2.24) is 9.80 Å². The molecule has 0 aliphatic carbocycles. The summed E-state index contributed by atoms with van der Waals surface area (Å²) in [5, 5.41) is 9.57. The highest BCUT2D eigenvalue weighted by Crippen LogP contribution is 2.31. The van der Waals surface area contributed by atoms with Gasteiger partial charge in [0.2, 0.25) is 0 Å². The van der Waals surface area contributed by atoms with Gasteiger partial charge < -0.3 is 14.7 Å². The fraction of sp³-hybridized carbons (Fsp3) is 0.364. The van der Waals surface area contributed by atoms with Crippen molar-refractivity contribution >= 4 is 35.1 Å². The Morgan fingerprint density at radius 1 is 1.10 bits per heavy atom. The second kappa shape index (κ2) is 9.85. The van der Waals surface area contributed by atoms with E-state index in [4.69, 9.17) is 27.9 Å². The summed E-state index contributed by atoms with van der Waals surface area (Å²) >= 11 is 11.8. The molecule has 6 nitrogen and oxygen atoms in total. The predicted molar refractivity (Wildman–Crippen MR) is 116 cm³/mol. The highest BCUT2D eigenvalue weighted by atomic mass is 35.5. The Balaban J connectivity index is 1.62. The molecule has 2 unspecified atom stereocenters. The van der Waals surface area contributed by atoms with Gasteiger partial charge in [0.25, 0.3) is 5.91 Å². The highest BCUT2D eigenvalue weighted by molar-refractivity contribution is 6.42. The van der Waals surface area contributed by atoms with Crippen LogP contribution >= 0.6 is 23.2 Å². The van der Waals surface area contributed by atoms with Gasteiger partial charge in [0.1, 0.15) is 17.1 Å². The normalized spacial score (nSPS) is 19.3. The van der Waals surface area contributed by atoms with Crippen LogP contribution in [0.15, 0.2) is 36.4 Å². The number of carbonyl (C=O) groups is 2. The van der Waals surface area contributed by atoms with Crippen molar-refractivity contribution in [2.24, 2.45) is 0 Å². The Hall–Kier alpha value is -2.35. The zero-order valence-electron chi connectivity index (χ0n) is 17.1. The topological polar surface area (TPSA) is 70.1 Å². The van der Waals surface area contributed by atoms with E-state index in [2.05, 4.69) is 4.90 Å². The van der Waals surface area contributed by atoms with Crippen LogP contribution in [0.4, 0.5) is 4.39 Å². The van der Waals surface area contributed by atoms with Gasteiger partial charge in [-0.2, -0.15) is 0 Å². The minimum Gasteiger partial charge on any atom is -0.483 e. The molecule has 31 heavy (non-hydrogen) atoms. The molecule has 2 atom stereocenters. The van der Waals surface area contributed by atoms with E-state index >= 15 is 0 Å². The summed E-state index contributed by atoms with van der Waals surface area (Å²) in [7, 11) is 0. The van der Waals surface area contributed by atoms with Crippen molar-refractivity contribution in [3.8, 4) is 5.75 Å². The van der Waals surface area contributed by atoms with Crippen molar-refractivity contribution in [3.05, 3.63) is 63.4 Å². The van der Waals surface area contributed by atoms with E-state index in [9.17, 15) is 19.1 Å². The van der Waals surface area contributed by atoms with Gasteiger partial charge in [-0.25, -0.2) is 9.18 Å². The van der Waals surface area contributed by atoms with Crippen LogP contribution < -0.4 is 4.74 Å². The SMILES string of the molecule is CC1CN(C(=O)COc2cc(Cl)c(Cl)cc2C(=O)O)C(C)CN1Cc1ccc(F)cc1. The van der Waals surface area contributed by atoms with Gasteiger partial charge in [-0.3, -0.25) is 9.69 Å². The third-order valence-electron chi connectivity index (χ3n) is 5.34. The monoisotopic (exact) mass is 468 g/mol. The van der Waals surface area contributed by atoms with Crippen LogP contribution in [-0.4, -0.2) is 58.6 Å². The zero-order chi connectivity index (χ0) is 22.7. The molecule has 1 aliphatic rings. The van der Waals surface area contributed by atoms with Gasteiger partial charge in [0.05, 0.1) is 10.0 Å². The molecule has 0 bridgehead atoms. The maximum atomic E-state index is 13.1. The molecule has 1 fully saturated rings. The second-order valence-electron chi connectivity index (χ2n) is 7.66. The molecule has 2 aromatic rings. The molecule has 1 aliphatic heterocycles. The number of aromatic carboxylic acids is 1. The number of carbonyl (C=O) groups excluding carboxylic acids is 1. The number of ether oxygens (including phenoxy) is 1. The molecule has 9 heteroatoms. The first-order valence-corrected chi connectivity index (χ1v) is 10.5. The average Bonchev–Trinajstić information content (AvgIpc) is 2.72. The number of carboxylic acids is 1. The summed E-state index contributed by atoms with van der Waals surface area (Å²) in [6.45, 7) is 5.47. The van der Waals surface area contributed by atoms with Gasteiger partial charge in [0, 0.05) is 37.8 Å². The van der Waals surface area contributed by atoms with E-state index in [1.54, 1.807) is 17.0 Å². The van der Waals surface area contributed by atoms with Crippen LogP contribution in [0.3, 0.4) is 0 Å². The lowest BCUT2D eigenvalue weighted by atomic mass is 10.1. The van der Waals surface area contributed by atoms with E-state index in [1.165, 1.54) is 24.3 Å². The van der Waals surface area contributed by atoms with Gasteiger partial charge in [-0.1, -0.05) is 35.3 Å². The molecule has 0 radical (unpaired) electrons. The number of rotatable bonds is 6. The van der Waals surface area contributed by atoms with Crippen molar-refractivity contribution in [3.63, 3.8) is 0 Å². The fourth-order valence-electron chi connectivity index (χ4n) is 3.63. The van der Waals surface area contributed by atoms with Crippen LogP contribution in [0.25, 0.3) is 0 Å². The first kappa shape index (κ1) is 23.3. The van der Waals surface area contributed by atoms with Gasteiger partial charge in [-0.15, -0.1) is 0 Å². The summed E-state index contributed by atoms with van der Waals surface area (Å²) in [6.07, 6.45) is 0. The summed E-state index contributed by atoms with van der Waals surface area (Å²) < 4.78 is 18.6. The standard InChI is InChI=1S/C22H23Cl2FN2O4/c1-13-10-27(14(2)9-26(13)11-15-3-5-16(25)6-4-15)21(28)12-31-20-8-19(24)18(23)7-17(20)22(29)30/h3-8,13-14H,9-12H2,1-2H3,(H,29,30). The molecule has 3 rings (SSSR count). The Labute approximate surface area is 190 Å². The van der Waals surface area contributed by atoms with Gasteiger partial charge >= 0.3 is 5.97 Å². The first-order valence-electron chi connectivity index (χ1n) is 9.78. The molecule has 166 valence electrons. The molecule has 0 aromatic heterocycles. The number of nitrogens with zero attached hydrogens (tertiary/aromatic N) is 2. The molecule has 1 saturated heterocycles. The lowest BCUT2D eigenvalue weighted by Crippen LogP contribution is -2.58. The van der Waals surface area contributed by atoms with E-state index in [0.29, 0.717) is 19.6 Å². The number of benzene rings is 2. The van der Waals surface area contributed by atoms with Crippen LogP contribution in [-0.2, 0) is 11.3 Å². The Bertz CT molecular complexity index is 971. The largest absolute Gasteiger partial charge is 0.483 e. The third-order valence-corrected chi connectivity index (χ3v) is 6.06.